The van der Waals surface area contributed by atoms with Crippen molar-refractivity contribution < 1.29 is 23.7 Å². The number of Topliss-reactive ketones (excluding diaryl/α,β-unsaturated/α-hetero) is 1. The quantitative estimate of drug-likeness (QED) is 0.688. The van der Waals surface area contributed by atoms with Gasteiger partial charge in [-0.15, -0.1) is 0 Å². The van der Waals surface area contributed by atoms with Gasteiger partial charge in [0.2, 0.25) is 0 Å². The molecular weight excluding hydrogens is 356 g/mol. The molecule has 0 radical (unpaired) electrons. The van der Waals surface area contributed by atoms with E-state index in [0.717, 1.165) is 22.3 Å². The van der Waals surface area contributed by atoms with Crippen molar-refractivity contribution in [3.8, 4) is 23.0 Å². The molecule has 1 aliphatic rings. The Bertz CT molecular complexity index is 940. The molecule has 0 amide bonds. The van der Waals surface area contributed by atoms with Gasteiger partial charge in [0.05, 0.1) is 28.4 Å². The normalized spacial score (nSPS) is 16.5. The average molecular weight is 380 g/mol. The summed E-state index contributed by atoms with van der Waals surface area (Å²) in [4.78, 5) is 12.9. The van der Waals surface area contributed by atoms with E-state index in [1.165, 1.54) is 0 Å². The molecule has 5 nitrogen and oxygen atoms in total. The summed E-state index contributed by atoms with van der Waals surface area (Å²) in [6.07, 6.45) is 5.19. The third-order valence-electron chi connectivity index (χ3n) is 4.76. The molecule has 0 heterocycles. The third-order valence-corrected chi connectivity index (χ3v) is 4.76. The smallest absolute Gasteiger partial charge is 0.185 e. The van der Waals surface area contributed by atoms with E-state index >= 15 is 0 Å². The number of hydrogen-bond donors (Lipinski definition) is 0. The summed E-state index contributed by atoms with van der Waals surface area (Å²) >= 11 is 0. The fourth-order valence-electron chi connectivity index (χ4n) is 3.34. The Balaban J connectivity index is 1.89. The van der Waals surface area contributed by atoms with Crippen molar-refractivity contribution in [1.82, 2.24) is 0 Å². The Hall–Kier alpha value is -3.21. The van der Waals surface area contributed by atoms with E-state index < -0.39 is 0 Å². The molecule has 0 saturated heterocycles. The van der Waals surface area contributed by atoms with Crippen molar-refractivity contribution >= 4 is 17.9 Å². The second-order valence-corrected chi connectivity index (χ2v) is 6.37. The van der Waals surface area contributed by atoms with E-state index in [1.54, 1.807) is 28.4 Å². The summed E-state index contributed by atoms with van der Waals surface area (Å²) in [5.41, 5.74) is 3.28. The Morgan fingerprint density at radius 2 is 1.43 bits per heavy atom. The fourth-order valence-corrected chi connectivity index (χ4v) is 3.34. The largest absolute Gasteiger partial charge is 0.493 e. The number of carbonyl (C=O) groups is 1. The number of hydrogen-bond acceptors (Lipinski definition) is 5. The van der Waals surface area contributed by atoms with Crippen LogP contribution in [0.3, 0.4) is 0 Å². The van der Waals surface area contributed by atoms with Crippen LogP contribution in [0, 0.1) is 0 Å². The second-order valence-electron chi connectivity index (χ2n) is 6.37. The van der Waals surface area contributed by atoms with Gasteiger partial charge in [0.15, 0.2) is 28.8 Å². The molecule has 1 aliphatic carbocycles. The topological polar surface area (TPSA) is 54.0 Å². The van der Waals surface area contributed by atoms with Crippen molar-refractivity contribution in [3.63, 3.8) is 0 Å². The first-order chi connectivity index (χ1) is 13.6. The van der Waals surface area contributed by atoms with Gasteiger partial charge in [0, 0.05) is 16.7 Å². The molecule has 0 aromatic heterocycles. The molecule has 2 aromatic carbocycles. The predicted molar refractivity (Wildman–Crippen MR) is 109 cm³/mol. The number of para-hydroxylation sites is 1. The van der Waals surface area contributed by atoms with Gasteiger partial charge >= 0.3 is 0 Å². The molecule has 1 saturated carbocycles. The Morgan fingerprint density at radius 3 is 2.07 bits per heavy atom. The zero-order chi connectivity index (χ0) is 20.1. The maximum absolute atomic E-state index is 12.9. The molecule has 0 N–H and O–H groups in total. The first-order valence-electron chi connectivity index (χ1n) is 9.00. The number of ketones is 1. The van der Waals surface area contributed by atoms with Gasteiger partial charge in [-0.25, -0.2) is 0 Å². The molecule has 5 heteroatoms. The van der Waals surface area contributed by atoms with Crippen molar-refractivity contribution in [1.29, 1.82) is 0 Å². The van der Waals surface area contributed by atoms with Crippen LogP contribution in [-0.2, 0) is 4.79 Å². The number of allylic oxidation sites excluding steroid dienone is 2. The van der Waals surface area contributed by atoms with Crippen LogP contribution < -0.4 is 18.9 Å². The van der Waals surface area contributed by atoms with Crippen LogP contribution in [0.5, 0.6) is 23.0 Å². The lowest BCUT2D eigenvalue weighted by molar-refractivity contribution is -0.111. The van der Waals surface area contributed by atoms with E-state index in [-0.39, 0.29) is 5.78 Å². The first-order valence-corrected chi connectivity index (χ1v) is 9.00. The number of carbonyl (C=O) groups excluding carboxylic acids is 1. The highest BCUT2D eigenvalue weighted by Crippen LogP contribution is 2.36. The van der Waals surface area contributed by atoms with E-state index in [4.69, 9.17) is 18.9 Å². The van der Waals surface area contributed by atoms with Crippen LogP contribution in [-0.4, -0.2) is 34.2 Å². The number of rotatable bonds is 6. The Labute approximate surface area is 165 Å². The predicted octanol–water partition coefficient (Wildman–Crippen LogP) is 4.55. The minimum absolute atomic E-state index is 0.0552. The van der Waals surface area contributed by atoms with Gasteiger partial charge in [-0.1, -0.05) is 18.2 Å². The molecule has 146 valence electrons. The zero-order valence-electron chi connectivity index (χ0n) is 16.6. The number of benzene rings is 2. The Kier molecular flexibility index (Phi) is 6.04. The molecule has 3 rings (SSSR count). The van der Waals surface area contributed by atoms with Crippen LogP contribution in [0.25, 0.3) is 12.2 Å². The molecule has 28 heavy (non-hydrogen) atoms. The maximum atomic E-state index is 12.9. The highest BCUT2D eigenvalue weighted by molar-refractivity contribution is 6.15. The lowest BCUT2D eigenvalue weighted by atomic mass is 10.1. The summed E-state index contributed by atoms with van der Waals surface area (Å²) < 4.78 is 21.4. The molecule has 0 unspecified atom stereocenters. The van der Waals surface area contributed by atoms with Crippen LogP contribution in [0.2, 0.25) is 0 Å². The van der Waals surface area contributed by atoms with E-state index in [2.05, 4.69) is 0 Å². The van der Waals surface area contributed by atoms with Gasteiger partial charge in [-0.3, -0.25) is 4.79 Å². The first kappa shape index (κ1) is 19.5. The Morgan fingerprint density at radius 1 is 0.750 bits per heavy atom. The third kappa shape index (κ3) is 3.88. The minimum atomic E-state index is 0.0552. The number of ether oxygens (including phenoxy) is 4. The minimum Gasteiger partial charge on any atom is -0.493 e. The molecule has 1 fully saturated rings. The van der Waals surface area contributed by atoms with Gasteiger partial charge in [-0.2, -0.15) is 0 Å². The summed E-state index contributed by atoms with van der Waals surface area (Å²) in [6.45, 7) is 0. The monoisotopic (exact) mass is 380 g/mol. The van der Waals surface area contributed by atoms with Gasteiger partial charge in [0.1, 0.15) is 0 Å². The van der Waals surface area contributed by atoms with Crippen LogP contribution in [0.4, 0.5) is 0 Å². The lowest BCUT2D eigenvalue weighted by Crippen LogP contribution is -1.97. The zero-order valence-corrected chi connectivity index (χ0v) is 16.6. The van der Waals surface area contributed by atoms with Crippen molar-refractivity contribution in [3.05, 3.63) is 58.7 Å². The number of methoxy groups -OCH3 is 4. The molecule has 0 atom stereocenters. The summed E-state index contributed by atoms with van der Waals surface area (Å²) in [6, 6.07) is 11.2. The van der Waals surface area contributed by atoms with Gasteiger partial charge in [0.25, 0.3) is 0 Å². The van der Waals surface area contributed by atoms with E-state index in [1.807, 2.05) is 48.6 Å². The second kappa shape index (κ2) is 8.65. The summed E-state index contributed by atoms with van der Waals surface area (Å²) in [5, 5.41) is 0. The van der Waals surface area contributed by atoms with Crippen molar-refractivity contribution in [2.24, 2.45) is 0 Å². The van der Waals surface area contributed by atoms with Crippen LogP contribution >= 0.6 is 0 Å². The van der Waals surface area contributed by atoms with Gasteiger partial charge < -0.3 is 18.9 Å². The fraction of sp³-hybridized carbons (Fsp3) is 0.261. The van der Waals surface area contributed by atoms with Gasteiger partial charge in [-0.05, 0) is 48.8 Å². The molecular formula is C23H24O5. The average Bonchev–Trinajstić information content (AvgIpc) is 3.06. The SMILES string of the molecule is COc1ccc(/C=C2\CC/C(=C\c3cccc(OC)c3OC)C2=O)cc1OC. The summed E-state index contributed by atoms with van der Waals surface area (Å²) in [5.74, 6) is 2.62. The molecule has 0 aliphatic heterocycles. The van der Waals surface area contributed by atoms with Crippen LogP contribution in [0.1, 0.15) is 24.0 Å². The molecule has 0 spiro atoms. The van der Waals surface area contributed by atoms with E-state index in [0.29, 0.717) is 35.8 Å². The summed E-state index contributed by atoms with van der Waals surface area (Å²) in [7, 11) is 6.39. The molecule has 2 aromatic rings. The van der Waals surface area contributed by atoms with E-state index in [9.17, 15) is 4.79 Å². The highest BCUT2D eigenvalue weighted by Gasteiger charge is 2.24. The van der Waals surface area contributed by atoms with Crippen molar-refractivity contribution in [2.45, 2.75) is 12.8 Å². The van der Waals surface area contributed by atoms with Crippen molar-refractivity contribution in [2.75, 3.05) is 28.4 Å². The standard InChI is InChI=1S/C23H24O5/c1-25-19-11-8-15(13-21(19)27-3)12-16-9-10-17(22(16)24)14-18-6-5-7-20(26-2)23(18)28-4/h5-8,11-14H,9-10H2,1-4H3/b16-12+,17-14+. The highest BCUT2D eigenvalue weighted by atomic mass is 16.5. The maximum Gasteiger partial charge on any atom is 0.185 e. The van der Waals surface area contributed by atoms with Crippen LogP contribution in [0.15, 0.2) is 47.5 Å². The molecule has 0 bridgehead atoms. The lowest BCUT2D eigenvalue weighted by Gasteiger charge is -2.10.